The zero-order valence-corrected chi connectivity index (χ0v) is 19.9. The average Bonchev–Trinajstić information content (AvgIpc) is 2.82. The molecule has 0 bridgehead atoms. The van der Waals surface area contributed by atoms with E-state index in [0.717, 1.165) is 23.3 Å². The zero-order chi connectivity index (χ0) is 23.9. The van der Waals surface area contributed by atoms with Gasteiger partial charge in [-0.3, -0.25) is 4.79 Å². The summed E-state index contributed by atoms with van der Waals surface area (Å²) in [5.41, 5.74) is 2.21. The molecule has 6 heteroatoms. The third-order valence-corrected chi connectivity index (χ3v) is 7.02. The van der Waals surface area contributed by atoms with Crippen LogP contribution in [0.2, 0.25) is 0 Å². The molecule has 3 unspecified atom stereocenters. The number of aliphatic hydroxyl groups excluding tert-OH is 1. The van der Waals surface area contributed by atoms with Gasteiger partial charge in [0.05, 0.1) is 19.1 Å². The largest absolute Gasteiger partial charge is 0.494 e. The summed E-state index contributed by atoms with van der Waals surface area (Å²) in [5.74, 6) is 1.68. The van der Waals surface area contributed by atoms with Crippen LogP contribution in [-0.2, 0) is 9.53 Å². The molecule has 5 nitrogen and oxygen atoms in total. The quantitative estimate of drug-likeness (QED) is 0.476. The zero-order valence-electron chi connectivity index (χ0n) is 19.9. The summed E-state index contributed by atoms with van der Waals surface area (Å²) in [6, 6.07) is 12.4. The van der Waals surface area contributed by atoms with Crippen LogP contribution in [0.1, 0.15) is 68.4 Å². The van der Waals surface area contributed by atoms with Crippen LogP contribution in [0.15, 0.2) is 42.5 Å². The van der Waals surface area contributed by atoms with Crippen LogP contribution >= 0.6 is 0 Å². The third kappa shape index (κ3) is 6.50. The van der Waals surface area contributed by atoms with Crippen LogP contribution in [0.4, 0.5) is 4.39 Å². The predicted octanol–water partition coefficient (Wildman–Crippen LogP) is 5.71. The van der Waals surface area contributed by atoms with Gasteiger partial charge in [0.2, 0.25) is 0 Å². The number of cyclic esters (lactones) is 1. The molecule has 3 atom stereocenters. The van der Waals surface area contributed by atoms with Crippen LogP contribution in [0.3, 0.4) is 0 Å². The number of esters is 1. The van der Waals surface area contributed by atoms with Gasteiger partial charge in [0.25, 0.3) is 0 Å². The molecular weight excluding hydrogens is 435 g/mol. The lowest BCUT2D eigenvalue weighted by Gasteiger charge is -2.33. The van der Waals surface area contributed by atoms with Crippen molar-refractivity contribution in [2.24, 2.45) is 5.92 Å². The lowest BCUT2D eigenvalue weighted by atomic mass is 9.75. The van der Waals surface area contributed by atoms with Crippen molar-refractivity contribution < 1.29 is 28.5 Å². The molecule has 2 aromatic carbocycles. The van der Waals surface area contributed by atoms with Crippen molar-refractivity contribution >= 4 is 5.97 Å². The molecule has 1 aliphatic carbocycles. The number of hydrogen-bond donors (Lipinski definition) is 1. The summed E-state index contributed by atoms with van der Waals surface area (Å²) in [4.78, 5) is 11.7. The van der Waals surface area contributed by atoms with Gasteiger partial charge in [-0.15, -0.1) is 0 Å². The molecule has 4 rings (SSSR count). The van der Waals surface area contributed by atoms with Gasteiger partial charge < -0.3 is 19.3 Å². The molecule has 0 amide bonds. The van der Waals surface area contributed by atoms with Crippen molar-refractivity contribution in [3.8, 4) is 11.5 Å². The molecular formula is C28H35FO5. The molecule has 1 saturated carbocycles. The molecule has 34 heavy (non-hydrogen) atoms. The molecule has 184 valence electrons. The smallest absolute Gasteiger partial charge is 0.308 e. The second-order valence-corrected chi connectivity index (χ2v) is 9.61. The minimum Gasteiger partial charge on any atom is -0.494 e. The van der Waals surface area contributed by atoms with Crippen molar-refractivity contribution in [1.82, 2.24) is 0 Å². The van der Waals surface area contributed by atoms with Gasteiger partial charge in [0.1, 0.15) is 30.0 Å². The Morgan fingerprint density at radius 3 is 2.59 bits per heavy atom. The summed E-state index contributed by atoms with van der Waals surface area (Å²) in [7, 11) is 0. The number of aryl methyl sites for hydroxylation is 1. The fourth-order valence-corrected chi connectivity index (χ4v) is 5.32. The molecule has 1 saturated heterocycles. The molecule has 2 aromatic rings. The summed E-state index contributed by atoms with van der Waals surface area (Å²) in [5, 5.41) is 9.93. The number of benzene rings is 2. The summed E-state index contributed by atoms with van der Waals surface area (Å²) >= 11 is 0. The maximum atomic E-state index is 13.2. The van der Waals surface area contributed by atoms with Crippen LogP contribution < -0.4 is 9.47 Å². The monoisotopic (exact) mass is 470 g/mol. The Morgan fingerprint density at radius 2 is 1.85 bits per heavy atom. The number of ether oxygens (including phenoxy) is 3. The average molecular weight is 471 g/mol. The highest BCUT2D eigenvalue weighted by Crippen LogP contribution is 2.42. The van der Waals surface area contributed by atoms with Gasteiger partial charge in [-0.1, -0.05) is 37.5 Å². The van der Waals surface area contributed by atoms with Crippen molar-refractivity contribution in [3.05, 3.63) is 59.4 Å². The van der Waals surface area contributed by atoms with Crippen molar-refractivity contribution in [2.45, 2.75) is 76.4 Å². The number of hydrogen-bond acceptors (Lipinski definition) is 5. The molecule has 1 N–H and O–H groups in total. The first-order chi connectivity index (χ1) is 16.5. The molecule has 2 fully saturated rings. The van der Waals surface area contributed by atoms with Crippen molar-refractivity contribution in [3.63, 3.8) is 0 Å². The van der Waals surface area contributed by atoms with E-state index in [4.69, 9.17) is 14.2 Å². The first kappa shape index (κ1) is 24.5. The topological polar surface area (TPSA) is 65.0 Å². The van der Waals surface area contributed by atoms with E-state index >= 15 is 0 Å². The van der Waals surface area contributed by atoms with E-state index in [2.05, 4.69) is 12.1 Å². The van der Waals surface area contributed by atoms with Gasteiger partial charge in [-0.2, -0.15) is 0 Å². The Bertz CT molecular complexity index is 938. The number of rotatable bonds is 9. The Balaban J connectivity index is 1.49. The van der Waals surface area contributed by atoms with Crippen LogP contribution in [0.5, 0.6) is 11.5 Å². The Morgan fingerprint density at radius 1 is 1.09 bits per heavy atom. The van der Waals surface area contributed by atoms with Gasteiger partial charge in [-0.25, -0.2) is 4.39 Å². The standard InChI is InChI=1S/C28H35FO5/c1-19-6-5-9-26(28(19)33-18-24-16-22(30)17-27(31)34-24)25(20-7-3-2-4-8-20)14-15-32-23-12-10-21(29)11-13-23/h5-6,9-13,20,22,24-25,30H,2-4,7-8,14-18H2,1H3. The molecule has 0 radical (unpaired) electrons. The normalized spacial score (nSPS) is 22.1. The number of halogens is 1. The summed E-state index contributed by atoms with van der Waals surface area (Å²) < 4.78 is 30.9. The molecule has 1 aliphatic heterocycles. The highest BCUT2D eigenvalue weighted by atomic mass is 19.1. The number of carbonyl (C=O) groups is 1. The first-order valence-corrected chi connectivity index (χ1v) is 12.5. The van der Waals surface area contributed by atoms with E-state index in [-0.39, 0.29) is 30.7 Å². The van der Waals surface area contributed by atoms with E-state index in [1.165, 1.54) is 44.2 Å². The number of para-hydroxylation sites is 1. The lowest BCUT2D eigenvalue weighted by molar-refractivity contribution is -0.162. The van der Waals surface area contributed by atoms with E-state index in [0.29, 0.717) is 24.7 Å². The Hall–Kier alpha value is -2.60. The van der Waals surface area contributed by atoms with E-state index < -0.39 is 12.2 Å². The highest BCUT2D eigenvalue weighted by Gasteiger charge is 2.30. The molecule has 1 heterocycles. The summed E-state index contributed by atoms with van der Waals surface area (Å²) in [6.45, 7) is 2.80. The maximum Gasteiger partial charge on any atom is 0.308 e. The van der Waals surface area contributed by atoms with Gasteiger partial charge in [0.15, 0.2) is 0 Å². The van der Waals surface area contributed by atoms with Crippen molar-refractivity contribution in [1.29, 1.82) is 0 Å². The maximum absolute atomic E-state index is 13.2. The van der Waals surface area contributed by atoms with E-state index in [9.17, 15) is 14.3 Å². The number of aliphatic hydroxyl groups is 1. The Labute approximate surface area is 201 Å². The molecule has 0 aromatic heterocycles. The highest BCUT2D eigenvalue weighted by molar-refractivity contribution is 5.71. The minimum atomic E-state index is -0.676. The predicted molar refractivity (Wildman–Crippen MR) is 128 cm³/mol. The SMILES string of the molecule is Cc1cccc(C(CCOc2ccc(F)cc2)C2CCCCC2)c1OCC1CC(O)CC(=O)O1. The van der Waals surface area contributed by atoms with Gasteiger partial charge in [-0.05, 0) is 73.4 Å². The first-order valence-electron chi connectivity index (χ1n) is 12.5. The van der Waals surface area contributed by atoms with E-state index in [1.54, 1.807) is 12.1 Å². The third-order valence-electron chi connectivity index (χ3n) is 7.02. The second-order valence-electron chi connectivity index (χ2n) is 9.61. The van der Waals surface area contributed by atoms with Crippen LogP contribution in [0, 0.1) is 18.7 Å². The number of carbonyl (C=O) groups excluding carboxylic acids is 1. The van der Waals surface area contributed by atoms with Gasteiger partial charge >= 0.3 is 5.97 Å². The van der Waals surface area contributed by atoms with E-state index in [1.807, 2.05) is 13.0 Å². The summed E-state index contributed by atoms with van der Waals surface area (Å²) in [6.07, 6.45) is 6.26. The second kappa shape index (κ2) is 11.7. The molecule has 2 aliphatic rings. The van der Waals surface area contributed by atoms with Crippen LogP contribution in [-0.4, -0.2) is 36.5 Å². The van der Waals surface area contributed by atoms with Gasteiger partial charge in [0, 0.05) is 6.42 Å². The van der Waals surface area contributed by atoms with Crippen LogP contribution in [0.25, 0.3) is 0 Å². The fraction of sp³-hybridized carbons (Fsp3) is 0.536. The Kier molecular flexibility index (Phi) is 8.44. The molecule has 0 spiro atoms. The fourth-order valence-electron chi connectivity index (χ4n) is 5.32. The van der Waals surface area contributed by atoms with Crippen molar-refractivity contribution in [2.75, 3.05) is 13.2 Å². The minimum absolute atomic E-state index is 0.0456. The lowest BCUT2D eigenvalue weighted by Crippen LogP contribution is -2.36.